The highest BCUT2D eigenvalue weighted by Crippen LogP contribution is 1.85. The van der Waals surface area contributed by atoms with Crippen LogP contribution in [0.3, 0.4) is 0 Å². The van der Waals surface area contributed by atoms with Gasteiger partial charge < -0.3 is 9.80 Å². The first-order valence-electron chi connectivity index (χ1n) is 5.80. The second kappa shape index (κ2) is 10.5. The van der Waals surface area contributed by atoms with Crippen molar-refractivity contribution in [2.75, 3.05) is 27.2 Å². The van der Waals surface area contributed by atoms with Crippen molar-refractivity contribution in [3.05, 3.63) is 0 Å². The molecule has 0 aliphatic heterocycles. The van der Waals surface area contributed by atoms with Gasteiger partial charge in [-0.15, -0.1) is 0 Å². The molecule has 0 N–H and O–H groups in total. The van der Waals surface area contributed by atoms with Crippen molar-refractivity contribution in [1.29, 1.82) is 0 Å². The fourth-order valence-electron chi connectivity index (χ4n) is 0.986. The van der Waals surface area contributed by atoms with Crippen LogP contribution in [0.4, 0.5) is 0 Å². The van der Waals surface area contributed by atoms with Gasteiger partial charge in [-0.3, -0.25) is 9.59 Å². The third kappa shape index (κ3) is 11.0. The van der Waals surface area contributed by atoms with E-state index in [9.17, 15) is 9.59 Å². The standard InChI is InChI=1S/2C6H13NO/c2*1-4-5-7(3)6(2)8/h2*4-5H2,1-3H3. The van der Waals surface area contributed by atoms with Gasteiger partial charge in [-0.25, -0.2) is 0 Å². The first-order chi connectivity index (χ1) is 7.36. The van der Waals surface area contributed by atoms with Gasteiger partial charge in [0.1, 0.15) is 0 Å². The maximum Gasteiger partial charge on any atom is 0.219 e. The lowest BCUT2D eigenvalue weighted by molar-refractivity contribution is -0.128. The second-order valence-electron chi connectivity index (χ2n) is 3.88. The van der Waals surface area contributed by atoms with Crippen molar-refractivity contribution in [2.45, 2.75) is 40.5 Å². The number of carbonyl (C=O) groups is 2. The molecule has 0 aliphatic rings. The molecular weight excluding hydrogens is 204 g/mol. The summed E-state index contributed by atoms with van der Waals surface area (Å²) in [6.07, 6.45) is 2.08. The van der Waals surface area contributed by atoms with Crippen LogP contribution >= 0.6 is 0 Å². The fourth-order valence-corrected chi connectivity index (χ4v) is 0.986. The fraction of sp³-hybridized carbons (Fsp3) is 0.833. The Morgan fingerprint density at radius 3 is 1.12 bits per heavy atom. The van der Waals surface area contributed by atoms with Gasteiger partial charge in [0.25, 0.3) is 0 Å². The van der Waals surface area contributed by atoms with Crippen molar-refractivity contribution >= 4 is 11.8 Å². The van der Waals surface area contributed by atoms with Crippen LogP contribution in [-0.4, -0.2) is 48.8 Å². The summed E-state index contributed by atoms with van der Waals surface area (Å²) >= 11 is 0. The lowest BCUT2D eigenvalue weighted by Crippen LogP contribution is -2.24. The molecule has 0 radical (unpaired) electrons. The Morgan fingerprint density at radius 2 is 1.06 bits per heavy atom. The van der Waals surface area contributed by atoms with Gasteiger partial charge in [0.05, 0.1) is 0 Å². The molecule has 0 heterocycles. The molecule has 0 bridgehead atoms. The van der Waals surface area contributed by atoms with Crippen LogP contribution in [-0.2, 0) is 9.59 Å². The summed E-state index contributed by atoms with van der Waals surface area (Å²) in [5, 5.41) is 0. The topological polar surface area (TPSA) is 40.6 Å². The van der Waals surface area contributed by atoms with E-state index in [1.165, 1.54) is 0 Å². The molecule has 0 saturated heterocycles. The van der Waals surface area contributed by atoms with Gasteiger partial charge >= 0.3 is 0 Å². The summed E-state index contributed by atoms with van der Waals surface area (Å²) in [6.45, 7) is 9.01. The Morgan fingerprint density at radius 1 is 0.812 bits per heavy atom. The highest BCUT2D eigenvalue weighted by molar-refractivity contribution is 5.73. The minimum Gasteiger partial charge on any atom is -0.346 e. The summed E-state index contributed by atoms with van der Waals surface area (Å²) < 4.78 is 0. The van der Waals surface area contributed by atoms with E-state index in [1.807, 2.05) is 14.1 Å². The first kappa shape index (κ1) is 17.3. The third-order valence-corrected chi connectivity index (χ3v) is 2.19. The quantitative estimate of drug-likeness (QED) is 0.738. The molecule has 0 aromatic carbocycles. The van der Waals surface area contributed by atoms with E-state index in [-0.39, 0.29) is 11.8 Å². The summed E-state index contributed by atoms with van der Waals surface area (Å²) in [5.41, 5.74) is 0. The number of carbonyl (C=O) groups excluding carboxylic acids is 2. The monoisotopic (exact) mass is 230 g/mol. The van der Waals surface area contributed by atoms with Gasteiger partial charge in [0.15, 0.2) is 0 Å². The van der Waals surface area contributed by atoms with Crippen molar-refractivity contribution in [1.82, 2.24) is 9.80 Å². The van der Waals surface area contributed by atoms with Crippen LogP contribution in [0.25, 0.3) is 0 Å². The Bertz CT molecular complexity index is 183. The molecule has 0 aliphatic carbocycles. The highest BCUT2D eigenvalue weighted by Gasteiger charge is 1.97. The molecule has 2 amide bonds. The average molecular weight is 230 g/mol. The first-order valence-corrected chi connectivity index (χ1v) is 5.80. The Kier molecular flexibility index (Phi) is 11.3. The normalized spacial score (nSPS) is 8.88. The Labute approximate surface area is 99.6 Å². The van der Waals surface area contributed by atoms with Crippen LogP contribution in [0.1, 0.15) is 40.5 Å². The third-order valence-electron chi connectivity index (χ3n) is 2.19. The van der Waals surface area contributed by atoms with E-state index in [4.69, 9.17) is 0 Å². The number of amides is 2. The molecule has 0 aromatic heterocycles. The summed E-state index contributed by atoms with van der Waals surface area (Å²) in [5.74, 6) is 0.290. The number of rotatable bonds is 4. The molecule has 0 atom stereocenters. The van der Waals surface area contributed by atoms with Gasteiger partial charge in [0.2, 0.25) is 11.8 Å². The summed E-state index contributed by atoms with van der Waals surface area (Å²) in [7, 11) is 3.62. The predicted octanol–water partition coefficient (Wildman–Crippen LogP) is 1.75. The largest absolute Gasteiger partial charge is 0.346 e. The van der Waals surface area contributed by atoms with Gasteiger partial charge in [-0.2, -0.15) is 0 Å². The molecule has 96 valence electrons. The molecule has 0 unspecified atom stereocenters. The molecule has 4 nitrogen and oxygen atoms in total. The van der Waals surface area contributed by atoms with E-state index in [0.29, 0.717) is 0 Å². The molecule has 0 aromatic rings. The smallest absolute Gasteiger partial charge is 0.219 e. The lowest BCUT2D eigenvalue weighted by Gasteiger charge is -2.11. The molecule has 0 fully saturated rings. The van der Waals surface area contributed by atoms with E-state index in [0.717, 1.165) is 25.9 Å². The molecular formula is C12H26N2O2. The minimum absolute atomic E-state index is 0.145. The zero-order valence-electron chi connectivity index (χ0n) is 11.5. The number of hydrogen-bond donors (Lipinski definition) is 0. The van der Waals surface area contributed by atoms with Crippen molar-refractivity contribution in [3.63, 3.8) is 0 Å². The lowest BCUT2D eigenvalue weighted by atomic mass is 10.4. The zero-order valence-corrected chi connectivity index (χ0v) is 11.5. The SMILES string of the molecule is CCCN(C)C(C)=O.CCCN(C)C(C)=O. The van der Waals surface area contributed by atoms with Crippen molar-refractivity contribution < 1.29 is 9.59 Å². The zero-order chi connectivity index (χ0) is 13.1. The van der Waals surface area contributed by atoms with E-state index in [2.05, 4.69) is 13.8 Å². The molecule has 16 heavy (non-hydrogen) atoms. The van der Waals surface area contributed by atoms with Crippen molar-refractivity contribution in [2.24, 2.45) is 0 Å². The maximum absolute atomic E-state index is 10.5. The van der Waals surface area contributed by atoms with Crippen LogP contribution in [0.15, 0.2) is 0 Å². The highest BCUT2D eigenvalue weighted by atomic mass is 16.2. The average Bonchev–Trinajstić information content (AvgIpc) is 2.19. The van der Waals surface area contributed by atoms with Crippen molar-refractivity contribution in [3.8, 4) is 0 Å². The second-order valence-corrected chi connectivity index (χ2v) is 3.88. The Balaban J connectivity index is 0. The van der Waals surface area contributed by atoms with E-state index < -0.39 is 0 Å². The minimum atomic E-state index is 0.145. The molecule has 0 spiro atoms. The van der Waals surface area contributed by atoms with Crippen LogP contribution in [0.5, 0.6) is 0 Å². The molecule has 4 heteroatoms. The van der Waals surface area contributed by atoms with Crippen LogP contribution < -0.4 is 0 Å². The van der Waals surface area contributed by atoms with E-state index in [1.54, 1.807) is 23.6 Å². The summed E-state index contributed by atoms with van der Waals surface area (Å²) in [4.78, 5) is 24.3. The number of hydrogen-bond acceptors (Lipinski definition) is 2. The predicted molar refractivity (Wildman–Crippen MR) is 67.2 cm³/mol. The van der Waals surface area contributed by atoms with Crippen LogP contribution in [0.2, 0.25) is 0 Å². The molecule has 0 rings (SSSR count). The van der Waals surface area contributed by atoms with Gasteiger partial charge in [0, 0.05) is 41.0 Å². The van der Waals surface area contributed by atoms with Gasteiger partial charge in [-0.05, 0) is 12.8 Å². The van der Waals surface area contributed by atoms with E-state index >= 15 is 0 Å². The molecule has 0 saturated carbocycles. The van der Waals surface area contributed by atoms with Gasteiger partial charge in [-0.1, -0.05) is 13.8 Å². The Hall–Kier alpha value is -1.06. The summed E-state index contributed by atoms with van der Waals surface area (Å²) in [6, 6.07) is 0. The van der Waals surface area contributed by atoms with Crippen LogP contribution in [0, 0.1) is 0 Å². The number of nitrogens with zero attached hydrogens (tertiary/aromatic N) is 2. The maximum atomic E-state index is 10.5.